The van der Waals surface area contributed by atoms with E-state index in [2.05, 4.69) is 15.9 Å². The molecule has 0 amide bonds. The quantitative estimate of drug-likeness (QED) is 0.681. The Labute approximate surface area is 164 Å². The summed E-state index contributed by atoms with van der Waals surface area (Å²) < 4.78 is 13.0. The molecule has 1 saturated heterocycles. The predicted molar refractivity (Wildman–Crippen MR) is 108 cm³/mol. The van der Waals surface area contributed by atoms with Gasteiger partial charge < -0.3 is 4.90 Å². The maximum atomic E-state index is 13.0. The van der Waals surface area contributed by atoms with Gasteiger partial charge in [0, 0.05) is 43.4 Å². The second kappa shape index (κ2) is 8.07. The van der Waals surface area contributed by atoms with Gasteiger partial charge in [-0.05, 0) is 54.2 Å². The molecule has 5 heteroatoms. The second-order valence-corrected chi connectivity index (χ2v) is 7.36. The first-order chi connectivity index (χ1) is 11.7. The first-order valence-electron chi connectivity index (χ1n) is 8.67. The van der Waals surface area contributed by atoms with Crippen LogP contribution in [0.15, 0.2) is 48.5 Å². The summed E-state index contributed by atoms with van der Waals surface area (Å²) in [5, 5.41) is 0.801. The Hall–Kier alpha value is -1.10. The smallest absolute Gasteiger partial charge is 0.123 e. The lowest BCUT2D eigenvalue weighted by Gasteiger charge is -2.36. The van der Waals surface area contributed by atoms with E-state index in [1.807, 2.05) is 30.3 Å². The van der Waals surface area contributed by atoms with Crippen LogP contribution in [0.1, 0.15) is 17.9 Å². The van der Waals surface area contributed by atoms with Gasteiger partial charge in [-0.2, -0.15) is 0 Å². The van der Waals surface area contributed by atoms with E-state index in [4.69, 9.17) is 11.6 Å². The van der Waals surface area contributed by atoms with Crippen molar-refractivity contribution >= 4 is 34.3 Å². The molecule has 0 unspecified atom stereocenters. The highest BCUT2D eigenvalue weighted by Crippen LogP contribution is 2.47. The number of hydrogen-bond acceptors (Lipinski definition) is 2. The van der Waals surface area contributed by atoms with Crippen LogP contribution >= 0.6 is 28.6 Å². The number of benzene rings is 2. The summed E-state index contributed by atoms with van der Waals surface area (Å²) in [5.41, 5.74) is 2.51. The summed E-state index contributed by atoms with van der Waals surface area (Å²) in [6, 6.07) is 15.2. The van der Waals surface area contributed by atoms with Crippen LogP contribution in [0, 0.1) is 11.7 Å². The number of halogens is 3. The van der Waals surface area contributed by atoms with Crippen molar-refractivity contribution < 1.29 is 4.39 Å². The van der Waals surface area contributed by atoms with Gasteiger partial charge in [0.05, 0.1) is 0 Å². The Morgan fingerprint density at radius 3 is 2.40 bits per heavy atom. The fraction of sp³-hybridized carbons (Fsp3) is 0.400. The van der Waals surface area contributed by atoms with Gasteiger partial charge in [-0.1, -0.05) is 29.8 Å². The second-order valence-electron chi connectivity index (χ2n) is 6.92. The fourth-order valence-corrected chi connectivity index (χ4v) is 3.95. The maximum absolute atomic E-state index is 13.0. The number of nitrogens with zero attached hydrogens (tertiary/aromatic N) is 2. The van der Waals surface area contributed by atoms with Crippen molar-refractivity contribution in [2.45, 2.75) is 12.3 Å². The molecule has 2 fully saturated rings. The average molecular weight is 426 g/mol. The summed E-state index contributed by atoms with van der Waals surface area (Å²) in [5.74, 6) is 1.21. The van der Waals surface area contributed by atoms with Crippen molar-refractivity contribution in [3.63, 3.8) is 0 Å². The zero-order valence-electron chi connectivity index (χ0n) is 14.1. The monoisotopic (exact) mass is 424 g/mol. The molecule has 2 aliphatic rings. The number of rotatable bonds is 4. The molecule has 0 spiro atoms. The molecule has 0 radical (unpaired) electrons. The van der Waals surface area contributed by atoms with Gasteiger partial charge in [0.2, 0.25) is 0 Å². The molecular weight excluding hydrogens is 403 g/mol. The Bertz CT molecular complexity index is 701. The molecule has 2 atom stereocenters. The van der Waals surface area contributed by atoms with E-state index >= 15 is 0 Å². The number of hydrogen-bond donors (Lipinski definition) is 0. The molecule has 2 aromatic rings. The van der Waals surface area contributed by atoms with Crippen molar-refractivity contribution in [3.05, 3.63) is 64.9 Å². The first kappa shape index (κ1) is 18.7. The Kier molecular flexibility index (Phi) is 6.03. The zero-order chi connectivity index (χ0) is 16.5. The maximum Gasteiger partial charge on any atom is 0.123 e. The summed E-state index contributed by atoms with van der Waals surface area (Å²) in [4.78, 5) is 4.97. The van der Waals surface area contributed by atoms with Gasteiger partial charge in [-0.15, -0.1) is 17.0 Å². The molecule has 1 saturated carbocycles. The van der Waals surface area contributed by atoms with Crippen molar-refractivity contribution in [1.82, 2.24) is 4.90 Å². The average Bonchev–Trinajstić information content (AvgIpc) is 3.35. The fourth-order valence-electron chi connectivity index (χ4n) is 3.76. The third-order valence-electron chi connectivity index (χ3n) is 5.26. The lowest BCUT2D eigenvalue weighted by atomic mass is 10.1. The van der Waals surface area contributed by atoms with E-state index in [0.717, 1.165) is 43.7 Å². The summed E-state index contributed by atoms with van der Waals surface area (Å²) in [6.07, 6.45) is 1.24. The molecule has 0 N–H and O–H groups in total. The van der Waals surface area contributed by atoms with Crippen LogP contribution in [-0.2, 0) is 0 Å². The predicted octanol–water partition coefficient (Wildman–Crippen LogP) is 4.98. The molecule has 1 aliphatic carbocycles. The molecule has 2 nitrogen and oxygen atoms in total. The van der Waals surface area contributed by atoms with Crippen LogP contribution in [-0.4, -0.2) is 37.6 Å². The summed E-state index contributed by atoms with van der Waals surface area (Å²) >= 11 is 6.09. The van der Waals surface area contributed by atoms with Crippen LogP contribution in [0.25, 0.3) is 0 Å². The Balaban J connectivity index is 0.00000182. The summed E-state index contributed by atoms with van der Waals surface area (Å²) in [7, 11) is 0. The third-order valence-corrected chi connectivity index (χ3v) is 5.49. The zero-order valence-corrected chi connectivity index (χ0v) is 16.5. The van der Waals surface area contributed by atoms with Gasteiger partial charge in [0.25, 0.3) is 0 Å². The normalized spacial score (nSPS) is 23.2. The van der Waals surface area contributed by atoms with E-state index < -0.39 is 0 Å². The van der Waals surface area contributed by atoms with Gasteiger partial charge >= 0.3 is 0 Å². The number of anilines is 1. The summed E-state index contributed by atoms with van der Waals surface area (Å²) in [6.45, 7) is 5.45. The molecule has 1 aliphatic heterocycles. The SMILES string of the molecule is Br.Fc1ccc([C@H]2C[C@@H]2CN2CCN(c3cccc(Cl)c3)CC2)cc1. The molecule has 134 valence electrons. The highest BCUT2D eigenvalue weighted by Gasteiger charge is 2.39. The minimum Gasteiger partial charge on any atom is -0.369 e. The van der Waals surface area contributed by atoms with E-state index in [1.54, 1.807) is 12.1 Å². The lowest BCUT2D eigenvalue weighted by Crippen LogP contribution is -2.47. The molecule has 0 bridgehead atoms. The van der Waals surface area contributed by atoms with E-state index in [-0.39, 0.29) is 22.8 Å². The molecule has 4 rings (SSSR count). The van der Waals surface area contributed by atoms with Gasteiger partial charge in [0.1, 0.15) is 5.82 Å². The van der Waals surface area contributed by atoms with E-state index in [0.29, 0.717) is 5.92 Å². The van der Waals surface area contributed by atoms with E-state index in [9.17, 15) is 4.39 Å². The van der Waals surface area contributed by atoms with Crippen molar-refractivity contribution in [3.8, 4) is 0 Å². The van der Waals surface area contributed by atoms with Gasteiger partial charge in [-0.3, -0.25) is 4.90 Å². The molecular formula is C20H23BrClFN2. The van der Waals surface area contributed by atoms with Gasteiger partial charge in [0.15, 0.2) is 0 Å². The minimum atomic E-state index is -0.145. The molecule has 2 aromatic carbocycles. The Morgan fingerprint density at radius 2 is 1.72 bits per heavy atom. The van der Waals surface area contributed by atoms with Crippen LogP contribution < -0.4 is 4.90 Å². The van der Waals surface area contributed by atoms with Crippen LogP contribution in [0.2, 0.25) is 5.02 Å². The first-order valence-corrected chi connectivity index (χ1v) is 9.05. The van der Waals surface area contributed by atoms with Crippen molar-refractivity contribution in [1.29, 1.82) is 0 Å². The third kappa shape index (κ3) is 4.55. The topological polar surface area (TPSA) is 6.48 Å². The number of piperazine rings is 1. The molecule has 25 heavy (non-hydrogen) atoms. The lowest BCUT2D eigenvalue weighted by molar-refractivity contribution is 0.246. The van der Waals surface area contributed by atoms with Crippen LogP contribution in [0.3, 0.4) is 0 Å². The van der Waals surface area contributed by atoms with Crippen molar-refractivity contribution in [2.24, 2.45) is 5.92 Å². The molecule has 0 aromatic heterocycles. The van der Waals surface area contributed by atoms with Crippen molar-refractivity contribution in [2.75, 3.05) is 37.6 Å². The van der Waals surface area contributed by atoms with Gasteiger partial charge in [-0.25, -0.2) is 4.39 Å². The Morgan fingerprint density at radius 1 is 1.00 bits per heavy atom. The molecule has 1 heterocycles. The standard InChI is InChI=1S/C20H22ClFN2.BrH/c21-17-2-1-3-19(13-17)24-10-8-23(9-11-24)14-16-12-20(16)15-4-6-18(22)7-5-15;/h1-7,13,16,20H,8-12,14H2;1H/t16-,20-;/m1./s1. The largest absolute Gasteiger partial charge is 0.369 e. The highest BCUT2D eigenvalue weighted by molar-refractivity contribution is 8.93. The minimum absolute atomic E-state index is 0. The van der Waals surface area contributed by atoms with Crippen LogP contribution in [0.5, 0.6) is 0 Å². The van der Waals surface area contributed by atoms with Crippen LogP contribution in [0.4, 0.5) is 10.1 Å². The highest BCUT2D eigenvalue weighted by atomic mass is 79.9. The van der Waals surface area contributed by atoms with E-state index in [1.165, 1.54) is 17.7 Å².